The fourth-order valence-electron chi connectivity index (χ4n) is 1.39. The van der Waals surface area contributed by atoms with E-state index in [0.29, 0.717) is 23.2 Å². The maximum absolute atomic E-state index is 6.02. The number of H-pyrrole nitrogens is 1. The molecule has 0 atom stereocenters. The van der Waals surface area contributed by atoms with Gasteiger partial charge < -0.3 is 10.6 Å². The third-order valence-electron chi connectivity index (χ3n) is 2.18. The third-order valence-corrected chi connectivity index (χ3v) is 2.54. The van der Waals surface area contributed by atoms with Gasteiger partial charge in [-0.3, -0.25) is 5.10 Å². The van der Waals surface area contributed by atoms with Crippen LogP contribution in [0.5, 0.6) is 0 Å². The lowest BCUT2D eigenvalue weighted by Crippen LogP contribution is -2.19. The normalized spacial score (nSPS) is 10.5. The number of hydrogen-bond donors (Lipinski definition) is 2. The Balaban J connectivity index is 2.20. The molecule has 90 valence electrons. The van der Waals surface area contributed by atoms with Crippen molar-refractivity contribution < 1.29 is 0 Å². The molecule has 8 heteroatoms. The van der Waals surface area contributed by atoms with Crippen molar-refractivity contribution in [2.24, 2.45) is 0 Å². The van der Waals surface area contributed by atoms with E-state index in [4.69, 9.17) is 17.3 Å². The highest BCUT2D eigenvalue weighted by Crippen LogP contribution is 2.26. The number of hydrogen-bond acceptors (Lipinski definition) is 6. The van der Waals surface area contributed by atoms with Gasteiger partial charge in [-0.2, -0.15) is 5.10 Å². The van der Waals surface area contributed by atoms with Gasteiger partial charge in [0.25, 0.3) is 0 Å². The lowest BCUT2D eigenvalue weighted by Gasteiger charge is -2.17. The molecule has 0 radical (unpaired) electrons. The van der Waals surface area contributed by atoms with Crippen molar-refractivity contribution in [1.82, 2.24) is 25.1 Å². The SMILES string of the molecule is Cc1nc(CN(C)c2ncnc(N)c2Cl)n[nH]1. The molecule has 0 unspecified atom stereocenters. The molecule has 0 aliphatic heterocycles. The average Bonchev–Trinajstić information content (AvgIpc) is 2.68. The molecule has 0 aromatic carbocycles. The molecule has 0 bridgehead atoms. The Morgan fingerprint density at radius 2 is 2.24 bits per heavy atom. The van der Waals surface area contributed by atoms with E-state index in [1.807, 2.05) is 18.9 Å². The van der Waals surface area contributed by atoms with E-state index in [2.05, 4.69) is 25.1 Å². The summed E-state index contributed by atoms with van der Waals surface area (Å²) in [5, 5.41) is 7.15. The molecule has 0 spiro atoms. The molecular weight excluding hydrogens is 242 g/mol. The van der Waals surface area contributed by atoms with Gasteiger partial charge in [-0.05, 0) is 6.92 Å². The van der Waals surface area contributed by atoms with Gasteiger partial charge in [-0.15, -0.1) is 0 Å². The first kappa shape index (κ1) is 11.6. The van der Waals surface area contributed by atoms with Crippen molar-refractivity contribution >= 4 is 23.2 Å². The monoisotopic (exact) mass is 253 g/mol. The molecule has 2 rings (SSSR count). The standard InChI is InChI=1S/C9H12ClN7/c1-5-14-6(16-15-5)3-17(2)9-7(10)8(11)12-4-13-9/h4H,3H2,1-2H3,(H2,11,12,13)(H,14,15,16). The zero-order chi connectivity index (χ0) is 12.4. The third kappa shape index (κ3) is 2.44. The Hall–Kier alpha value is -1.89. The molecular formula is C9H12ClN7. The van der Waals surface area contributed by atoms with Crippen LogP contribution in [0, 0.1) is 6.92 Å². The molecule has 2 heterocycles. The van der Waals surface area contributed by atoms with Crippen LogP contribution in [0.4, 0.5) is 11.6 Å². The molecule has 0 amide bonds. The Morgan fingerprint density at radius 3 is 2.88 bits per heavy atom. The summed E-state index contributed by atoms with van der Waals surface area (Å²) in [6.45, 7) is 2.33. The number of nitrogens with two attached hydrogens (primary N) is 1. The zero-order valence-electron chi connectivity index (χ0n) is 9.48. The van der Waals surface area contributed by atoms with E-state index < -0.39 is 0 Å². The lowest BCUT2D eigenvalue weighted by molar-refractivity contribution is 0.827. The minimum absolute atomic E-state index is 0.259. The summed E-state index contributed by atoms with van der Waals surface area (Å²) < 4.78 is 0. The van der Waals surface area contributed by atoms with Gasteiger partial charge in [0.15, 0.2) is 11.6 Å². The fourth-order valence-corrected chi connectivity index (χ4v) is 1.63. The molecule has 2 aromatic rings. The van der Waals surface area contributed by atoms with E-state index in [1.54, 1.807) is 0 Å². The maximum atomic E-state index is 6.02. The molecule has 2 aromatic heterocycles. The van der Waals surface area contributed by atoms with Crippen molar-refractivity contribution in [2.45, 2.75) is 13.5 Å². The molecule has 0 fully saturated rings. The van der Waals surface area contributed by atoms with Crippen LogP contribution in [-0.2, 0) is 6.54 Å². The van der Waals surface area contributed by atoms with Crippen LogP contribution in [0.3, 0.4) is 0 Å². The summed E-state index contributed by atoms with van der Waals surface area (Å²) in [4.78, 5) is 13.9. The van der Waals surface area contributed by atoms with Crippen molar-refractivity contribution in [3.8, 4) is 0 Å². The summed E-state index contributed by atoms with van der Waals surface area (Å²) in [6.07, 6.45) is 1.37. The van der Waals surface area contributed by atoms with Crippen molar-refractivity contribution in [3.63, 3.8) is 0 Å². The van der Waals surface area contributed by atoms with Crippen LogP contribution >= 0.6 is 11.6 Å². The predicted molar refractivity (Wildman–Crippen MR) is 64.7 cm³/mol. The van der Waals surface area contributed by atoms with E-state index in [-0.39, 0.29) is 5.82 Å². The Bertz CT molecular complexity index is 524. The first-order valence-corrected chi connectivity index (χ1v) is 5.30. The Morgan fingerprint density at radius 1 is 1.47 bits per heavy atom. The van der Waals surface area contributed by atoms with Gasteiger partial charge in [-0.1, -0.05) is 11.6 Å². The number of nitrogen functional groups attached to an aromatic ring is 1. The quantitative estimate of drug-likeness (QED) is 0.839. The number of aromatic amines is 1. The number of aromatic nitrogens is 5. The summed E-state index contributed by atoms with van der Waals surface area (Å²) in [5.41, 5.74) is 5.61. The highest BCUT2D eigenvalue weighted by molar-refractivity contribution is 6.35. The van der Waals surface area contributed by atoms with Gasteiger partial charge in [0.2, 0.25) is 0 Å². The van der Waals surface area contributed by atoms with Crippen LogP contribution in [0.25, 0.3) is 0 Å². The van der Waals surface area contributed by atoms with Crippen LogP contribution in [-0.4, -0.2) is 32.2 Å². The number of rotatable bonds is 3. The largest absolute Gasteiger partial charge is 0.382 e. The van der Waals surface area contributed by atoms with Gasteiger partial charge in [0, 0.05) is 7.05 Å². The molecule has 0 saturated heterocycles. The van der Waals surface area contributed by atoms with Gasteiger partial charge >= 0.3 is 0 Å². The smallest absolute Gasteiger partial charge is 0.169 e. The van der Waals surface area contributed by atoms with Crippen LogP contribution in [0.15, 0.2) is 6.33 Å². The predicted octanol–water partition coefficient (Wildman–Crippen LogP) is 0.775. The molecule has 3 N–H and O–H groups in total. The second-order valence-corrected chi connectivity index (χ2v) is 3.97. The molecule has 0 aliphatic carbocycles. The van der Waals surface area contributed by atoms with Crippen LogP contribution < -0.4 is 10.6 Å². The van der Waals surface area contributed by atoms with Crippen LogP contribution in [0.1, 0.15) is 11.6 Å². The van der Waals surface area contributed by atoms with Gasteiger partial charge in [0.05, 0.1) is 6.54 Å². The number of nitrogens with one attached hydrogen (secondary N) is 1. The molecule has 0 aliphatic rings. The highest BCUT2D eigenvalue weighted by atomic mass is 35.5. The summed E-state index contributed by atoms with van der Waals surface area (Å²) >= 11 is 6.02. The molecule has 7 nitrogen and oxygen atoms in total. The Labute approximate surface area is 103 Å². The van der Waals surface area contributed by atoms with E-state index in [0.717, 1.165) is 5.82 Å². The molecule has 0 saturated carbocycles. The zero-order valence-corrected chi connectivity index (χ0v) is 10.2. The first-order chi connectivity index (χ1) is 8.08. The minimum atomic E-state index is 0.259. The number of nitrogens with zero attached hydrogens (tertiary/aromatic N) is 5. The van der Waals surface area contributed by atoms with Crippen LogP contribution in [0.2, 0.25) is 5.02 Å². The second-order valence-electron chi connectivity index (χ2n) is 3.59. The summed E-state index contributed by atoms with van der Waals surface area (Å²) in [5.74, 6) is 2.25. The van der Waals surface area contributed by atoms with Crippen molar-refractivity contribution in [2.75, 3.05) is 17.7 Å². The number of anilines is 2. The average molecular weight is 254 g/mol. The topological polar surface area (TPSA) is 96.6 Å². The van der Waals surface area contributed by atoms with Crippen molar-refractivity contribution in [3.05, 3.63) is 23.0 Å². The minimum Gasteiger partial charge on any atom is -0.382 e. The maximum Gasteiger partial charge on any atom is 0.169 e. The highest BCUT2D eigenvalue weighted by Gasteiger charge is 2.13. The van der Waals surface area contributed by atoms with E-state index >= 15 is 0 Å². The first-order valence-electron chi connectivity index (χ1n) is 4.93. The number of halogens is 1. The van der Waals surface area contributed by atoms with Gasteiger partial charge in [0.1, 0.15) is 23.0 Å². The summed E-state index contributed by atoms with van der Waals surface area (Å²) in [7, 11) is 1.83. The molecule has 17 heavy (non-hydrogen) atoms. The lowest BCUT2D eigenvalue weighted by atomic mass is 10.4. The fraction of sp³-hybridized carbons (Fsp3) is 0.333. The number of aryl methyl sites for hydroxylation is 1. The second kappa shape index (κ2) is 4.54. The van der Waals surface area contributed by atoms with E-state index in [1.165, 1.54) is 6.33 Å². The summed E-state index contributed by atoms with van der Waals surface area (Å²) in [6, 6.07) is 0. The van der Waals surface area contributed by atoms with Crippen molar-refractivity contribution in [1.29, 1.82) is 0 Å². The van der Waals surface area contributed by atoms with E-state index in [9.17, 15) is 0 Å². The van der Waals surface area contributed by atoms with Gasteiger partial charge in [-0.25, -0.2) is 15.0 Å². The Kier molecular flexibility index (Phi) is 3.10.